The number of nitrogens with zero attached hydrogens (tertiary/aromatic N) is 3. The second-order valence-corrected chi connectivity index (χ2v) is 7.40. The average Bonchev–Trinajstić information content (AvgIpc) is 2.17. The molecule has 1 rings (SSSR count). The van der Waals surface area contributed by atoms with Gasteiger partial charge < -0.3 is 0 Å². The summed E-state index contributed by atoms with van der Waals surface area (Å²) in [5, 5.41) is 0. The molecule has 1 aromatic carbocycles. The zero-order valence-corrected chi connectivity index (χ0v) is 13.1. The van der Waals surface area contributed by atoms with Crippen LogP contribution >= 0.6 is 8.37 Å². The molecule has 0 radical (unpaired) electrons. The molecule has 0 unspecified atom stereocenters. The Morgan fingerprint density at radius 1 is 0.706 bits per heavy atom. The van der Waals surface area contributed by atoms with Gasteiger partial charge in [-0.15, -0.1) is 0 Å². The van der Waals surface area contributed by atoms with E-state index in [0.717, 1.165) is 0 Å². The molecule has 0 aliphatic carbocycles. The quantitative estimate of drug-likeness (QED) is 0.769. The van der Waals surface area contributed by atoms with Crippen molar-refractivity contribution in [1.29, 1.82) is 0 Å². The number of rotatable bonds is 3. The number of benzene rings is 1. The van der Waals surface area contributed by atoms with Crippen LogP contribution in [0.1, 0.15) is 5.56 Å². The average molecular weight is 255 g/mol. The number of hydrogen-bond donors (Lipinski definition) is 0. The van der Waals surface area contributed by atoms with E-state index in [9.17, 15) is 0 Å². The van der Waals surface area contributed by atoms with Crippen LogP contribution in [0.2, 0.25) is 0 Å². The highest BCUT2D eigenvalue weighted by Crippen LogP contribution is 2.40. The Hall–Kier alpha value is -0.470. The molecule has 4 heteroatoms. The minimum Gasteiger partial charge on any atom is -0.264 e. The summed E-state index contributed by atoms with van der Waals surface area (Å²) in [5.74, 6) is 0. The summed E-state index contributed by atoms with van der Waals surface area (Å²) in [6.07, 6.45) is 0. The molecule has 0 aliphatic heterocycles. The summed E-state index contributed by atoms with van der Waals surface area (Å²) in [5.41, 5.74) is 1.32. The van der Waals surface area contributed by atoms with Gasteiger partial charge in [-0.25, -0.2) is 0 Å². The summed E-state index contributed by atoms with van der Waals surface area (Å²) in [7, 11) is 12.4. The highest BCUT2D eigenvalue weighted by molar-refractivity contribution is 7.49. The molecule has 98 valence electrons. The van der Waals surface area contributed by atoms with Gasteiger partial charge in [-0.1, -0.05) is 35.9 Å². The van der Waals surface area contributed by atoms with Gasteiger partial charge >= 0.3 is 0 Å². The molecule has 0 aromatic heterocycles. The number of hydrogen-bond acceptors (Lipinski definition) is 3. The first kappa shape index (κ1) is 16.5. The highest BCUT2D eigenvalue weighted by atomic mass is 31.2. The van der Waals surface area contributed by atoms with Crippen LogP contribution in [0.15, 0.2) is 30.3 Å². The van der Waals surface area contributed by atoms with Crippen LogP contribution in [0.3, 0.4) is 0 Å². The second-order valence-electron chi connectivity index (χ2n) is 4.46. The van der Waals surface area contributed by atoms with Crippen LogP contribution < -0.4 is 0 Å². The molecule has 0 amide bonds. The molecular weight excluding hydrogens is 229 g/mol. The van der Waals surface area contributed by atoms with E-state index in [1.54, 1.807) is 0 Å². The lowest BCUT2D eigenvalue weighted by molar-refractivity contribution is 0.490. The number of aryl methyl sites for hydroxylation is 1. The van der Waals surface area contributed by atoms with Crippen LogP contribution in [0.5, 0.6) is 0 Å². The summed E-state index contributed by atoms with van der Waals surface area (Å²) >= 11 is 0. The summed E-state index contributed by atoms with van der Waals surface area (Å²) < 4.78 is 6.69. The van der Waals surface area contributed by atoms with Crippen molar-refractivity contribution < 1.29 is 0 Å². The highest BCUT2D eigenvalue weighted by Gasteiger charge is 2.15. The van der Waals surface area contributed by atoms with Gasteiger partial charge in [0.2, 0.25) is 0 Å². The van der Waals surface area contributed by atoms with Gasteiger partial charge in [0.1, 0.15) is 8.37 Å². The van der Waals surface area contributed by atoms with E-state index in [1.165, 1.54) is 5.56 Å². The first-order valence-corrected chi connectivity index (χ1v) is 6.89. The van der Waals surface area contributed by atoms with Gasteiger partial charge in [-0.3, -0.25) is 14.0 Å². The Kier molecular flexibility index (Phi) is 8.36. The molecule has 0 heterocycles. The van der Waals surface area contributed by atoms with Gasteiger partial charge in [0.25, 0.3) is 0 Å². The second kappa shape index (κ2) is 8.60. The Morgan fingerprint density at radius 3 is 1.18 bits per heavy atom. The molecule has 0 fully saturated rings. The van der Waals surface area contributed by atoms with E-state index in [4.69, 9.17) is 0 Å². The van der Waals surface area contributed by atoms with Gasteiger partial charge in [0.05, 0.1) is 0 Å². The van der Waals surface area contributed by atoms with Gasteiger partial charge in [0.15, 0.2) is 0 Å². The molecule has 0 bridgehead atoms. The van der Waals surface area contributed by atoms with E-state index in [1.807, 2.05) is 18.2 Å². The molecule has 0 saturated carbocycles. The van der Waals surface area contributed by atoms with Crippen LogP contribution in [0, 0.1) is 6.92 Å². The van der Waals surface area contributed by atoms with Crippen molar-refractivity contribution in [2.24, 2.45) is 0 Å². The first-order valence-electron chi connectivity index (χ1n) is 5.69. The van der Waals surface area contributed by atoms with E-state index in [0.29, 0.717) is 0 Å². The largest absolute Gasteiger partial charge is 0.264 e. The van der Waals surface area contributed by atoms with Crippen molar-refractivity contribution in [3.05, 3.63) is 35.9 Å². The lowest BCUT2D eigenvalue weighted by Gasteiger charge is -2.34. The zero-order chi connectivity index (χ0) is 13.4. The van der Waals surface area contributed by atoms with Crippen LogP contribution in [0.4, 0.5) is 0 Å². The minimum atomic E-state index is -0.238. The molecule has 0 saturated heterocycles. The van der Waals surface area contributed by atoms with Crippen LogP contribution in [-0.2, 0) is 0 Å². The van der Waals surface area contributed by atoms with E-state index >= 15 is 0 Å². The summed E-state index contributed by atoms with van der Waals surface area (Å²) in [6.45, 7) is 2.08. The van der Waals surface area contributed by atoms with Crippen LogP contribution in [0.25, 0.3) is 0 Å². The molecule has 0 N–H and O–H groups in total. The minimum absolute atomic E-state index is 0.238. The molecular formula is C13H26N3P. The van der Waals surface area contributed by atoms with Crippen molar-refractivity contribution in [3.63, 3.8) is 0 Å². The standard InChI is InChI=1S/C7H8.C6H18N3P/c1-7-5-3-2-4-6-7;1-7(2)10(8(3)4)9(5)6/h2-6H,1H3;1-6H3. The van der Waals surface area contributed by atoms with Crippen molar-refractivity contribution in [2.45, 2.75) is 6.92 Å². The van der Waals surface area contributed by atoms with E-state index in [-0.39, 0.29) is 8.37 Å². The van der Waals surface area contributed by atoms with Gasteiger partial charge in [0, 0.05) is 0 Å². The van der Waals surface area contributed by atoms with E-state index < -0.39 is 0 Å². The summed E-state index contributed by atoms with van der Waals surface area (Å²) in [4.78, 5) is 0. The third kappa shape index (κ3) is 7.45. The molecule has 17 heavy (non-hydrogen) atoms. The normalized spacial score (nSPS) is 11.0. The molecule has 0 atom stereocenters. The SMILES string of the molecule is CN(C)P(N(C)C)N(C)C.Cc1ccccc1. The predicted molar refractivity (Wildman–Crippen MR) is 79.2 cm³/mol. The Morgan fingerprint density at radius 2 is 1.06 bits per heavy atom. The lowest BCUT2D eigenvalue weighted by atomic mass is 10.2. The Bertz CT molecular complexity index is 267. The fourth-order valence-electron chi connectivity index (χ4n) is 1.61. The Balaban J connectivity index is 0.000000318. The molecule has 0 aliphatic rings. The fourth-order valence-corrected chi connectivity index (χ4v) is 3.75. The van der Waals surface area contributed by atoms with E-state index in [2.05, 4.69) is 75.4 Å². The maximum Gasteiger partial charge on any atom is 0.118 e. The van der Waals surface area contributed by atoms with Crippen LogP contribution in [-0.4, -0.2) is 56.3 Å². The molecule has 3 nitrogen and oxygen atoms in total. The third-order valence-corrected chi connectivity index (χ3v) is 4.16. The zero-order valence-electron chi connectivity index (χ0n) is 12.2. The smallest absolute Gasteiger partial charge is 0.118 e. The topological polar surface area (TPSA) is 9.72 Å². The first-order chi connectivity index (χ1) is 7.86. The maximum atomic E-state index is 2.23. The molecule has 0 spiro atoms. The Labute approximate surface area is 108 Å². The predicted octanol–water partition coefficient (Wildman–Crippen LogP) is 2.89. The van der Waals surface area contributed by atoms with Gasteiger partial charge in [-0.2, -0.15) is 0 Å². The van der Waals surface area contributed by atoms with Crippen molar-refractivity contribution in [3.8, 4) is 0 Å². The monoisotopic (exact) mass is 255 g/mol. The lowest BCUT2D eigenvalue weighted by Crippen LogP contribution is -2.25. The van der Waals surface area contributed by atoms with Crippen molar-refractivity contribution in [1.82, 2.24) is 14.0 Å². The third-order valence-electron chi connectivity index (χ3n) is 2.01. The maximum absolute atomic E-state index is 2.23. The molecule has 1 aromatic rings. The van der Waals surface area contributed by atoms with Crippen molar-refractivity contribution in [2.75, 3.05) is 42.3 Å². The van der Waals surface area contributed by atoms with Crippen molar-refractivity contribution >= 4 is 8.37 Å². The van der Waals surface area contributed by atoms with Gasteiger partial charge in [-0.05, 0) is 49.2 Å². The summed E-state index contributed by atoms with van der Waals surface area (Å²) in [6, 6.07) is 10.3. The fraction of sp³-hybridized carbons (Fsp3) is 0.538.